The van der Waals surface area contributed by atoms with Crippen LogP contribution in [0.5, 0.6) is 0 Å². The highest BCUT2D eigenvalue weighted by Gasteiger charge is 2.20. The van der Waals surface area contributed by atoms with Gasteiger partial charge in [0, 0.05) is 10.6 Å². The minimum absolute atomic E-state index is 0.157. The monoisotopic (exact) mass is 313 g/mol. The summed E-state index contributed by atoms with van der Waals surface area (Å²) < 4.78 is 0. The number of nitrogens with one attached hydrogen (secondary N) is 2. The molecule has 0 aliphatic carbocycles. The lowest BCUT2D eigenvalue weighted by atomic mass is 10.2. The van der Waals surface area contributed by atoms with Crippen molar-refractivity contribution >= 4 is 40.9 Å². The van der Waals surface area contributed by atoms with E-state index in [1.807, 2.05) is 17.5 Å². The smallest absolute Gasteiger partial charge is 0.335 e. The number of rotatable bonds is 3. The third kappa shape index (κ3) is 3.04. The standard InChI is InChI=1S/C15H11N3O3S/c19-13-12(8-11-5-2-6-22-11)17-15(18-13)16-10-4-1-3-9(7-10)14(20)21/h1-8H,(H,20,21)(H2,16,17,18,19)/b12-8-. The summed E-state index contributed by atoms with van der Waals surface area (Å²) in [6.45, 7) is 0. The van der Waals surface area contributed by atoms with Crippen LogP contribution in [-0.4, -0.2) is 22.9 Å². The number of thiophene rings is 1. The summed E-state index contributed by atoms with van der Waals surface area (Å²) in [6.07, 6.45) is 1.70. The second-order valence-electron chi connectivity index (χ2n) is 4.47. The van der Waals surface area contributed by atoms with Crippen LogP contribution in [-0.2, 0) is 4.79 Å². The second kappa shape index (κ2) is 5.82. The highest BCUT2D eigenvalue weighted by Crippen LogP contribution is 2.17. The van der Waals surface area contributed by atoms with Gasteiger partial charge in [0.15, 0.2) is 0 Å². The number of nitrogens with zero attached hydrogens (tertiary/aromatic N) is 1. The maximum absolute atomic E-state index is 11.9. The van der Waals surface area contributed by atoms with Crippen LogP contribution in [0.1, 0.15) is 15.2 Å². The minimum Gasteiger partial charge on any atom is -0.478 e. The number of aliphatic imine (C=N–C) groups is 1. The van der Waals surface area contributed by atoms with Crippen molar-refractivity contribution in [3.8, 4) is 0 Å². The molecule has 0 atom stereocenters. The van der Waals surface area contributed by atoms with Crippen molar-refractivity contribution in [3.05, 3.63) is 57.9 Å². The number of guanidine groups is 1. The molecule has 6 nitrogen and oxygen atoms in total. The van der Waals surface area contributed by atoms with E-state index < -0.39 is 5.97 Å². The van der Waals surface area contributed by atoms with E-state index in [-0.39, 0.29) is 17.4 Å². The van der Waals surface area contributed by atoms with Crippen molar-refractivity contribution in [2.75, 3.05) is 5.32 Å². The van der Waals surface area contributed by atoms with Crippen LogP contribution in [0.25, 0.3) is 6.08 Å². The number of carbonyl (C=O) groups is 2. The van der Waals surface area contributed by atoms with E-state index in [1.54, 1.807) is 18.2 Å². The Morgan fingerprint density at radius 2 is 2.18 bits per heavy atom. The summed E-state index contributed by atoms with van der Waals surface area (Å²) in [5, 5.41) is 16.4. The number of hydrogen-bond donors (Lipinski definition) is 3. The van der Waals surface area contributed by atoms with E-state index in [2.05, 4.69) is 15.6 Å². The molecule has 0 saturated carbocycles. The van der Waals surface area contributed by atoms with Gasteiger partial charge >= 0.3 is 5.97 Å². The van der Waals surface area contributed by atoms with Gasteiger partial charge in [0.05, 0.1) is 5.56 Å². The Hall–Kier alpha value is -2.93. The highest BCUT2D eigenvalue weighted by molar-refractivity contribution is 7.10. The fourth-order valence-electron chi connectivity index (χ4n) is 1.90. The van der Waals surface area contributed by atoms with Crippen LogP contribution in [0.15, 0.2) is 52.5 Å². The Labute approximate surface area is 129 Å². The Morgan fingerprint density at radius 3 is 2.91 bits per heavy atom. The van der Waals surface area contributed by atoms with Gasteiger partial charge < -0.3 is 10.4 Å². The number of carboxylic acid groups (broad SMARTS) is 1. The van der Waals surface area contributed by atoms with E-state index in [4.69, 9.17) is 5.11 Å². The fraction of sp³-hybridized carbons (Fsp3) is 0. The molecule has 22 heavy (non-hydrogen) atoms. The SMILES string of the molecule is O=C1NC(Nc2cccc(C(=O)O)c2)=N/C1=C\c1cccs1. The molecule has 2 aromatic rings. The summed E-state index contributed by atoms with van der Waals surface area (Å²) in [4.78, 5) is 27.9. The summed E-state index contributed by atoms with van der Waals surface area (Å²) in [5.74, 6) is -1.04. The molecule has 3 rings (SSSR count). The molecule has 1 aromatic heterocycles. The van der Waals surface area contributed by atoms with E-state index in [0.717, 1.165) is 4.88 Å². The normalized spacial score (nSPS) is 15.5. The first-order chi connectivity index (χ1) is 10.6. The number of carbonyl (C=O) groups excluding carboxylic acids is 1. The Kier molecular flexibility index (Phi) is 3.71. The van der Waals surface area contributed by atoms with Crippen molar-refractivity contribution < 1.29 is 14.7 Å². The quantitative estimate of drug-likeness (QED) is 0.759. The van der Waals surface area contributed by atoms with Crippen molar-refractivity contribution in [1.82, 2.24) is 5.32 Å². The first kappa shape index (κ1) is 14.0. The number of aromatic carboxylic acids is 1. The van der Waals surface area contributed by atoms with Crippen LogP contribution in [0.3, 0.4) is 0 Å². The summed E-state index contributed by atoms with van der Waals surface area (Å²) in [5.41, 5.74) is 1.000. The number of carboxylic acids is 1. The molecule has 0 radical (unpaired) electrons. The first-order valence-corrected chi connectivity index (χ1v) is 7.25. The summed E-state index contributed by atoms with van der Waals surface area (Å²) in [6, 6.07) is 10.1. The van der Waals surface area contributed by atoms with E-state index in [9.17, 15) is 9.59 Å². The van der Waals surface area contributed by atoms with Crippen LogP contribution in [0.4, 0.5) is 5.69 Å². The molecule has 0 fully saturated rings. The van der Waals surface area contributed by atoms with E-state index in [1.165, 1.54) is 23.5 Å². The molecule has 1 aliphatic heterocycles. The number of anilines is 1. The number of hydrogen-bond acceptors (Lipinski definition) is 5. The molecule has 0 saturated heterocycles. The van der Waals surface area contributed by atoms with Crippen LogP contribution in [0, 0.1) is 0 Å². The van der Waals surface area contributed by atoms with Crippen LogP contribution in [0.2, 0.25) is 0 Å². The topological polar surface area (TPSA) is 90.8 Å². The average Bonchev–Trinajstić information content (AvgIpc) is 3.10. The Balaban J connectivity index is 1.80. The lowest BCUT2D eigenvalue weighted by Crippen LogP contribution is -2.30. The van der Waals surface area contributed by atoms with Gasteiger partial charge in [0.1, 0.15) is 5.70 Å². The van der Waals surface area contributed by atoms with Gasteiger partial charge in [-0.05, 0) is 35.7 Å². The number of benzene rings is 1. The molecule has 110 valence electrons. The third-order valence-electron chi connectivity index (χ3n) is 2.89. The van der Waals surface area contributed by atoms with Gasteiger partial charge in [0.2, 0.25) is 5.96 Å². The molecule has 1 aliphatic rings. The molecule has 0 unspecified atom stereocenters. The molecule has 3 N–H and O–H groups in total. The summed E-state index contributed by atoms with van der Waals surface area (Å²) >= 11 is 1.51. The molecule has 1 aromatic carbocycles. The predicted molar refractivity (Wildman–Crippen MR) is 84.9 cm³/mol. The van der Waals surface area contributed by atoms with Gasteiger partial charge in [-0.3, -0.25) is 10.1 Å². The van der Waals surface area contributed by atoms with Crippen molar-refractivity contribution in [2.45, 2.75) is 0 Å². The van der Waals surface area contributed by atoms with Gasteiger partial charge in [-0.15, -0.1) is 11.3 Å². The fourth-order valence-corrected chi connectivity index (χ4v) is 2.55. The Bertz CT molecular complexity index is 794. The minimum atomic E-state index is -1.01. The van der Waals surface area contributed by atoms with Crippen LogP contribution >= 0.6 is 11.3 Å². The molecular weight excluding hydrogens is 302 g/mol. The number of amides is 1. The van der Waals surface area contributed by atoms with Crippen molar-refractivity contribution in [3.63, 3.8) is 0 Å². The maximum atomic E-state index is 11.9. The molecular formula is C15H11N3O3S. The zero-order valence-electron chi connectivity index (χ0n) is 11.2. The van der Waals surface area contributed by atoms with Gasteiger partial charge in [0.25, 0.3) is 5.91 Å². The summed E-state index contributed by atoms with van der Waals surface area (Å²) in [7, 11) is 0. The van der Waals surface area contributed by atoms with Gasteiger partial charge in [-0.2, -0.15) is 0 Å². The maximum Gasteiger partial charge on any atom is 0.335 e. The zero-order valence-corrected chi connectivity index (χ0v) is 12.1. The van der Waals surface area contributed by atoms with E-state index >= 15 is 0 Å². The van der Waals surface area contributed by atoms with Gasteiger partial charge in [-0.1, -0.05) is 12.1 Å². The Morgan fingerprint density at radius 1 is 1.32 bits per heavy atom. The molecule has 0 bridgehead atoms. The van der Waals surface area contributed by atoms with Crippen molar-refractivity contribution in [2.24, 2.45) is 4.99 Å². The van der Waals surface area contributed by atoms with Crippen LogP contribution < -0.4 is 10.6 Å². The predicted octanol–water partition coefficient (Wildman–Crippen LogP) is 2.39. The van der Waals surface area contributed by atoms with Crippen molar-refractivity contribution in [1.29, 1.82) is 0 Å². The largest absolute Gasteiger partial charge is 0.478 e. The van der Waals surface area contributed by atoms with Gasteiger partial charge in [-0.25, -0.2) is 9.79 Å². The van der Waals surface area contributed by atoms with E-state index in [0.29, 0.717) is 11.4 Å². The molecule has 1 amide bonds. The highest BCUT2D eigenvalue weighted by atomic mass is 32.1. The lowest BCUT2D eigenvalue weighted by Gasteiger charge is -2.05. The lowest BCUT2D eigenvalue weighted by molar-refractivity contribution is -0.115. The first-order valence-electron chi connectivity index (χ1n) is 6.37. The third-order valence-corrected chi connectivity index (χ3v) is 3.71. The molecule has 2 heterocycles. The second-order valence-corrected chi connectivity index (χ2v) is 5.45. The molecule has 0 spiro atoms. The zero-order chi connectivity index (χ0) is 15.5. The molecule has 7 heteroatoms. The average molecular weight is 313 g/mol.